The zero-order chi connectivity index (χ0) is 17.2. The highest BCUT2D eigenvalue weighted by Crippen LogP contribution is 2.36. The van der Waals surface area contributed by atoms with Gasteiger partial charge in [0.2, 0.25) is 5.91 Å². The average Bonchev–Trinajstić information content (AvgIpc) is 2.44. The predicted octanol–water partition coefficient (Wildman–Crippen LogP) is 3.72. The van der Waals surface area contributed by atoms with Crippen LogP contribution in [-0.4, -0.2) is 15.9 Å². The first kappa shape index (κ1) is 17.7. The number of benzene rings is 1. The molecule has 1 amide bonds. The highest BCUT2D eigenvalue weighted by Gasteiger charge is 2.33. The molecule has 10 heteroatoms. The number of aromatic nitrogens is 2. The van der Waals surface area contributed by atoms with E-state index in [1.165, 1.54) is 12.1 Å². The third-order valence-corrected chi connectivity index (χ3v) is 4.27. The van der Waals surface area contributed by atoms with E-state index in [2.05, 4.69) is 25.9 Å². The molecule has 1 aromatic carbocycles. The van der Waals surface area contributed by atoms with Gasteiger partial charge in [0, 0.05) is 16.2 Å². The van der Waals surface area contributed by atoms with Crippen molar-refractivity contribution in [1.29, 1.82) is 0 Å². The van der Waals surface area contributed by atoms with Crippen molar-refractivity contribution < 1.29 is 22.4 Å². The number of nitrogens with zero attached hydrogens (tertiary/aromatic N) is 2. The Morgan fingerprint density at radius 2 is 2.00 bits per heavy atom. The molecule has 2 aromatic rings. The normalized spacial score (nSPS) is 12.9. The molecule has 122 valence electrons. The number of nitrogens with two attached hydrogens (primary N) is 1. The zero-order valence-electron chi connectivity index (χ0n) is 11.1. The molecule has 1 heterocycles. The van der Waals surface area contributed by atoms with Crippen LogP contribution in [0.25, 0.3) is 0 Å². The SMILES string of the molecule is NC(=O)[C@H](Sc1nccc(C(F)(F)F)n1)c1ccc(Br)cc1F. The number of amides is 1. The molecule has 0 fully saturated rings. The van der Waals surface area contributed by atoms with Crippen LogP contribution in [-0.2, 0) is 11.0 Å². The van der Waals surface area contributed by atoms with Crippen molar-refractivity contribution in [3.8, 4) is 0 Å². The lowest BCUT2D eigenvalue weighted by Crippen LogP contribution is -2.20. The third-order valence-electron chi connectivity index (χ3n) is 2.65. The molecule has 0 aliphatic heterocycles. The quantitative estimate of drug-likeness (QED) is 0.474. The van der Waals surface area contributed by atoms with Gasteiger partial charge in [0.15, 0.2) is 5.16 Å². The molecule has 0 unspecified atom stereocenters. The minimum Gasteiger partial charge on any atom is -0.368 e. The molecule has 0 aliphatic rings. The van der Waals surface area contributed by atoms with E-state index < -0.39 is 28.8 Å². The van der Waals surface area contributed by atoms with Crippen LogP contribution in [0.3, 0.4) is 0 Å². The van der Waals surface area contributed by atoms with Crippen molar-refractivity contribution in [3.05, 3.63) is 52.0 Å². The van der Waals surface area contributed by atoms with Crippen LogP contribution in [0.2, 0.25) is 0 Å². The van der Waals surface area contributed by atoms with Gasteiger partial charge in [-0.1, -0.05) is 33.8 Å². The maximum atomic E-state index is 14.0. The molecule has 1 atom stereocenters. The lowest BCUT2D eigenvalue weighted by atomic mass is 10.1. The van der Waals surface area contributed by atoms with Gasteiger partial charge in [-0.2, -0.15) is 13.2 Å². The van der Waals surface area contributed by atoms with E-state index in [0.717, 1.165) is 12.3 Å². The van der Waals surface area contributed by atoms with E-state index in [4.69, 9.17) is 5.73 Å². The minimum atomic E-state index is -4.65. The summed E-state index contributed by atoms with van der Waals surface area (Å²) in [6.45, 7) is 0. The fraction of sp³-hybridized carbons (Fsp3) is 0.154. The van der Waals surface area contributed by atoms with Crippen LogP contribution >= 0.6 is 27.7 Å². The molecule has 2 rings (SSSR count). The number of hydrogen-bond acceptors (Lipinski definition) is 4. The first-order chi connectivity index (χ1) is 10.7. The molecular weight excluding hydrogens is 402 g/mol. The van der Waals surface area contributed by atoms with Crippen LogP contribution in [0.5, 0.6) is 0 Å². The van der Waals surface area contributed by atoms with Gasteiger partial charge in [-0.15, -0.1) is 0 Å². The zero-order valence-corrected chi connectivity index (χ0v) is 13.5. The van der Waals surface area contributed by atoms with Gasteiger partial charge in [-0.25, -0.2) is 14.4 Å². The van der Waals surface area contributed by atoms with Crippen molar-refractivity contribution in [1.82, 2.24) is 9.97 Å². The number of thioether (sulfide) groups is 1. The number of hydrogen-bond donors (Lipinski definition) is 1. The van der Waals surface area contributed by atoms with E-state index in [0.29, 0.717) is 22.3 Å². The Morgan fingerprint density at radius 3 is 2.57 bits per heavy atom. The topological polar surface area (TPSA) is 68.9 Å². The van der Waals surface area contributed by atoms with Crippen LogP contribution in [0.1, 0.15) is 16.5 Å². The minimum absolute atomic E-state index is 0.0632. The van der Waals surface area contributed by atoms with Crippen molar-refractivity contribution in [2.45, 2.75) is 16.6 Å². The molecule has 0 spiro atoms. The Hall–Kier alpha value is -1.68. The van der Waals surface area contributed by atoms with E-state index >= 15 is 0 Å². The molecule has 2 N–H and O–H groups in total. The van der Waals surface area contributed by atoms with E-state index in [9.17, 15) is 22.4 Å². The summed E-state index contributed by atoms with van der Waals surface area (Å²) >= 11 is 3.62. The fourth-order valence-corrected chi connectivity index (χ4v) is 2.90. The molecule has 4 nitrogen and oxygen atoms in total. The Labute approximate surface area is 140 Å². The molecule has 0 saturated heterocycles. The van der Waals surface area contributed by atoms with Gasteiger partial charge in [-0.3, -0.25) is 4.79 Å². The van der Waals surface area contributed by atoms with Crippen LogP contribution in [0, 0.1) is 5.82 Å². The summed E-state index contributed by atoms with van der Waals surface area (Å²) in [6.07, 6.45) is -3.74. The number of primary amides is 1. The van der Waals surface area contributed by atoms with Crippen molar-refractivity contribution in [2.75, 3.05) is 0 Å². The molecule has 0 saturated carbocycles. The first-order valence-corrected chi connectivity index (χ1v) is 7.67. The first-order valence-electron chi connectivity index (χ1n) is 5.99. The van der Waals surface area contributed by atoms with Crippen molar-refractivity contribution in [3.63, 3.8) is 0 Å². The van der Waals surface area contributed by atoms with Crippen LogP contribution in [0.15, 0.2) is 40.1 Å². The Bertz CT molecular complexity index is 741. The summed E-state index contributed by atoms with van der Waals surface area (Å²) in [5.41, 5.74) is 4.01. The van der Waals surface area contributed by atoms with Crippen LogP contribution in [0.4, 0.5) is 17.6 Å². The molecule has 0 bridgehead atoms. The van der Waals surface area contributed by atoms with E-state index in [1.54, 1.807) is 0 Å². The standard InChI is InChI=1S/C13H8BrF4N3OS/c14-6-1-2-7(8(15)5-6)10(11(19)22)23-12-20-4-3-9(21-12)13(16,17)18/h1-5,10H,(H2,19,22)/t10-/m1/s1. The summed E-state index contributed by atoms with van der Waals surface area (Å²) in [4.78, 5) is 18.6. The number of alkyl halides is 3. The van der Waals surface area contributed by atoms with Crippen LogP contribution < -0.4 is 5.73 Å². The second kappa shape index (κ2) is 6.83. The number of carbonyl (C=O) groups is 1. The van der Waals surface area contributed by atoms with Gasteiger partial charge in [-0.05, 0) is 18.2 Å². The summed E-state index contributed by atoms with van der Waals surface area (Å²) in [5, 5.41) is -1.59. The summed E-state index contributed by atoms with van der Waals surface area (Å²) in [7, 11) is 0. The average molecular weight is 410 g/mol. The highest BCUT2D eigenvalue weighted by molar-refractivity contribution is 9.10. The molecule has 0 aliphatic carbocycles. The molecule has 1 aromatic heterocycles. The third kappa shape index (κ3) is 4.41. The molecule has 23 heavy (non-hydrogen) atoms. The number of carbonyl (C=O) groups excluding carboxylic acids is 1. The van der Waals surface area contributed by atoms with Crippen molar-refractivity contribution in [2.24, 2.45) is 5.73 Å². The summed E-state index contributed by atoms with van der Waals surface area (Å²) in [5.74, 6) is -1.64. The van der Waals surface area contributed by atoms with Gasteiger partial charge >= 0.3 is 6.18 Å². The molecular formula is C13H8BrF4N3OS. The second-order valence-corrected chi connectivity index (χ2v) is 6.28. The lowest BCUT2D eigenvalue weighted by Gasteiger charge is -2.14. The summed E-state index contributed by atoms with van der Waals surface area (Å²) < 4.78 is 52.3. The monoisotopic (exact) mass is 409 g/mol. The highest BCUT2D eigenvalue weighted by atomic mass is 79.9. The fourth-order valence-electron chi connectivity index (χ4n) is 1.65. The largest absolute Gasteiger partial charge is 0.433 e. The summed E-state index contributed by atoms with van der Waals surface area (Å²) in [6, 6.07) is 4.62. The smallest absolute Gasteiger partial charge is 0.368 e. The maximum Gasteiger partial charge on any atom is 0.433 e. The number of rotatable bonds is 4. The predicted molar refractivity (Wildman–Crippen MR) is 78.9 cm³/mol. The lowest BCUT2D eigenvalue weighted by molar-refractivity contribution is -0.141. The maximum absolute atomic E-state index is 14.0. The number of halogens is 5. The van der Waals surface area contributed by atoms with Gasteiger partial charge < -0.3 is 5.73 Å². The second-order valence-electron chi connectivity index (χ2n) is 4.29. The Balaban J connectivity index is 2.36. The Morgan fingerprint density at radius 1 is 1.30 bits per heavy atom. The van der Waals surface area contributed by atoms with E-state index in [-0.39, 0.29) is 10.7 Å². The van der Waals surface area contributed by atoms with Crippen molar-refractivity contribution >= 4 is 33.6 Å². The molecule has 0 radical (unpaired) electrons. The van der Waals surface area contributed by atoms with Gasteiger partial charge in [0.1, 0.15) is 16.8 Å². The van der Waals surface area contributed by atoms with Gasteiger partial charge in [0.05, 0.1) is 0 Å². The van der Waals surface area contributed by atoms with E-state index in [1.807, 2.05) is 0 Å². The van der Waals surface area contributed by atoms with Gasteiger partial charge in [0.25, 0.3) is 0 Å². The Kier molecular flexibility index (Phi) is 5.25.